The zero-order valence-electron chi connectivity index (χ0n) is 24.7. The van der Waals surface area contributed by atoms with E-state index in [1.807, 2.05) is 48.6 Å². The van der Waals surface area contributed by atoms with Crippen molar-refractivity contribution >= 4 is 17.1 Å². The summed E-state index contributed by atoms with van der Waals surface area (Å²) in [6.45, 7) is 8.22. The van der Waals surface area contributed by atoms with Crippen LogP contribution in [0.3, 0.4) is 0 Å². The van der Waals surface area contributed by atoms with E-state index in [1.54, 1.807) is 21.3 Å². The topological polar surface area (TPSA) is 43.0 Å². The fraction of sp³-hybridized carbons (Fsp3) is 0.222. The Labute approximate surface area is 244 Å². The number of ether oxygens (including phenoxy) is 3. The molecule has 1 aliphatic rings. The third-order valence-electron chi connectivity index (χ3n) is 7.34. The molecule has 0 aromatic heterocycles. The second-order valence-corrected chi connectivity index (χ2v) is 10.2. The molecule has 0 saturated carbocycles. The highest BCUT2D eigenvalue weighted by Gasteiger charge is 2.27. The average Bonchev–Trinajstić information content (AvgIpc) is 3.01. The molecule has 0 bridgehead atoms. The van der Waals surface area contributed by atoms with Crippen molar-refractivity contribution in [3.63, 3.8) is 0 Å². The smallest absolute Gasteiger partial charge is 0.119 e. The molecule has 1 unspecified atom stereocenters. The summed E-state index contributed by atoms with van der Waals surface area (Å²) < 4.78 is 16.2. The van der Waals surface area contributed by atoms with E-state index in [4.69, 9.17) is 14.2 Å². The fourth-order valence-electron chi connectivity index (χ4n) is 4.81. The molecule has 212 valence electrons. The summed E-state index contributed by atoms with van der Waals surface area (Å²) in [5.41, 5.74) is 6.48. The van der Waals surface area contributed by atoms with E-state index in [1.165, 1.54) is 5.56 Å². The Balaban J connectivity index is 1.55. The van der Waals surface area contributed by atoms with E-state index in [9.17, 15) is 0 Å². The first-order valence-corrected chi connectivity index (χ1v) is 13.8. The lowest BCUT2D eigenvalue weighted by molar-refractivity contribution is 0.285. The minimum atomic E-state index is -0.113. The maximum Gasteiger partial charge on any atom is 0.119 e. The number of methoxy groups -OCH3 is 3. The molecular formula is C36H40N2O3. The van der Waals surface area contributed by atoms with Crippen LogP contribution < -0.4 is 19.7 Å². The first-order valence-electron chi connectivity index (χ1n) is 13.8. The number of rotatable bonds is 12. The van der Waals surface area contributed by atoms with Crippen LogP contribution in [0.15, 0.2) is 133 Å². The molecule has 1 N–H and O–H groups in total. The second kappa shape index (κ2) is 13.6. The Morgan fingerprint density at radius 3 is 1.98 bits per heavy atom. The third-order valence-corrected chi connectivity index (χ3v) is 7.34. The van der Waals surface area contributed by atoms with Crippen molar-refractivity contribution in [3.05, 3.63) is 139 Å². The lowest BCUT2D eigenvalue weighted by Crippen LogP contribution is -2.26. The van der Waals surface area contributed by atoms with Crippen molar-refractivity contribution in [2.45, 2.75) is 32.1 Å². The quantitative estimate of drug-likeness (QED) is 0.139. The minimum Gasteiger partial charge on any atom is -0.501 e. The van der Waals surface area contributed by atoms with Crippen LogP contribution in [0.5, 0.6) is 11.5 Å². The molecule has 0 radical (unpaired) electrons. The zero-order valence-corrected chi connectivity index (χ0v) is 24.7. The number of hydrogen-bond acceptors (Lipinski definition) is 5. The van der Waals surface area contributed by atoms with E-state index >= 15 is 0 Å². The van der Waals surface area contributed by atoms with Gasteiger partial charge in [0.2, 0.25) is 0 Å². The van der Waals surface area contributed by atoms with E-state index in [2.05, 4.69) is 91.3 Å². The Morgan fingerprint density at radius 2 is 1.46 bits per heavy atom. The summed E-state index contributed by atoms with van der Waals surface area (Å²) in [7, 11) is 5.05. The van der Waals surface area contributed by atoms with Gasteiger partial charge in [-0.25, -0.2) is 0 Å². The highest BCUT2D eigenvalue weighted by Crippen LogP contribution is 2.37. The largest absolute Gasteiger partial charge is 0.501 e. The molecule has 0 aliphatic heterocycles. The minimum absolute atomic E-state index is 0.113. The Bertz CT molecular complexity index is 1430. The highest BCUT2D eigenvalue weighted by atomic mass is 16.5. The van der Waals surface area contributed by atoms with Gasteiger partial charge in [-0.2, -0.15) is 0 Å². The van der Waals surface area contributed by atoms with Gasteiger partial charge in [0.15, 0.2) is 0 Å². The number of nitrogens with zero attached hydrogens (tertiary/aromatic N) is 1. The maximum absolute atomic E-state index is 5.50. The first-order chi connectivity index (χ1) is 19.9. The SMILES string of the molecule is C=CC/C(=C\C=C(/C)N(C1=CCC(C)(c2ccc(Nc3ccc(OC)cc3)cc2)C=C1)c1ccc(OC)cc1)OC. The highest BCUT2D eigenvalue weighted by molar-refractivity contribution is 5.64. The lowest BCUT2D eigenvalue weighted by atomic mass is 9.76. The van der Waals surface area contributed by atoms with Crippen molar-refractivity contribution in [2.24, 2.45) is 0 Å². The van der Waals surface area contributed by atoms with Gasteiger partial charge in [-0.1, -0.05) is 37.3 Å². The molecule has 0 fully saturated rings. The fourth-order valence-corrected chi connectivity index (χ4v) is 4.81. The third kappa shape index (κ3) is 7.31. The predicted molar refractivity (Wildman–Crippen MR) is 171 cm³/mol. The maximum atomic E-state index is 5.50. The van der Waals surface area contributed by atoms with Gasteiger partial charge >= 0.3 is 0 Å². The van der Waals surface area contributed by atoms with Gasteiger partial charge in [0.05, 0.1) is 27.1 Å². The Hall–Kier alpha value is -4.64. The summed E-state index contributed by atoms with van der Waals surface area (Å²) in [5, 5.41) is 3.46. The van der Waals surface area contributed by atoms with Crippen LogP contribution in [0.1, 0.15) is 32.3 Å². The van der Waals surface area contributed by atoms with Crippen molar-refractivity contribution < 1.29 is 14.2 Å². The Kier molecular flexibility index (Phi) is 9.75. The molecule has 0 amide bonds. The van der Waals surface area contributed by atoms with Crippen molar-refractivity contribution in [3.8, 4) is 11.5 Å². The number of nitrogens with one attached hydrogen (secondary N) is 1. The Morgan fingerprint density at radius 1 is 0.878 bits per heavy atom. The van der Waals surface area contributed by atoms with E-state index in [-0.39, 0.29) is 5.41 Å². The van der Waals surface area contributed by atoms with Crippen LogP contribution in [0.4, 0.5) is 17.1 Å². The van der Waals surface area contributed by atoms with Gasteiger partial charge < -0.3 is 24.4 Å². The van der Waals surface area contributed by atoms with Crippen molar-refractivity contribution in [1.82, 2.24) is 0 Å². The summed E-state index contributed by atoms with van der Waals surface area (Å²) >= 11 is 0. The lowest BCUT2D eigenvalue weighted by Gasteiger charge is -2.33. The summed E-state index contributed by atoms with van der Waals surface area (Å²) in [6.07, 6.45) is 14.3. The van der Waals surface area contributed by atoms with Crippen LogP contribution in [0.2, 0.25) is 0 Å². The van der Waals surface area contributed by atoms with Gasteiger partial charge in [-0.15, -0.1) is 6.58 Å². The number of anilines is 3. The normalized spacial score (nSPS) is 17.0. The molecule has 0 saturated heterocycles. The van der Waals surface area contributed by atoms with Gasteiger partial charge in [-0.05, 0) is 97.8 Å². The van der Waals surface area contributed by atoms with Crippen LogP contribution in [-0.2, 0) is 10.2 Å². The van der Waals surface area contributed by atoms with Gasteiger partial charge in [-0.3, -0.25) is 0 Å². The van der Waals surface area contributed by atoms with Crippen molar-refractivity contribution in [1.29, 1.82) is 0 Å². The van der Waals surface area contributed by atoms with Gasteiger partial charge in [0.25, 0.3) is 0 Å². The van der Waals surface area contributed by atoms with Crippen LogP contribution in [0.25, 0.3) is 0 Å². The monoisotopic (exact) mass is 548 g/mol. The van der Waals surface area contributed by atoms with E-state index in [0.29, 0.717) is 6.42 Å². The number of benzene rings is 3. The van der Waals surface area contributed by atoms with E-state index in [0.717, 1.165) is 52.1 Å². The molecule has 5 nitrogen and oxygen atoms in total. The molecule has 5 heteroatoms. The molecule has 3 aromatic rings. The summed E-state index contributed by atoms with van der Waals surface area (Å²) in [6, 6.07) is 24.8. The molecule has 3 aromatic carbocycles. The van der Waals surface area contributed by atoms with Gasteiger partial charge in [0, 0.05) is 40.3 Å². The second-order valence-electron chi connectivity index (χ2n) is 10.2. The first kappa shape index (κ1) is 29.3. The average molecular weight is 549 g/mol. The molecule has 41 heavy (non-hydrogen) atoms. The van der Waals surface area contributed by atoms with Crippen LogP contribution >= 0.6 is 0 Å². The van der Waals surface area contributed by atoms with Crippen LogP contribution in [-0.4, -0.2) is 21.3 Å². The molecule has 0 spiro atoms. The molecule has 1 atom stereocenters. The number of allylic oxidation sites excluding steroid dienone is 7. The molecule has 4 rings (SSSR count). The zero-order chi connectivity index (χ0) is 29.2. The molecular weight excluding hydrogens is 508 g/mol. The molecule has 0 heterocycles. The number of hydrogen-bond donors (Lipinski definition) is 1. The van der Waals surface area contributed by atoms with Crippen LogP contribution in [0, 0.1) is 0 Å². The van der Waals surface area contributed by atoms with Crippen molar-refractivity contribution in [2.75, 3.05) is 31.5 Å². The molecule has 1 aliphatic carbocycles. The van der Waals surface area contributed by atoms with E-state index < -0.39 is 0 Å². The summed E-state index contributed by atoms with van der Waals surface area (Å²) in [5.74, 6) is 2.53. The predicted octanol–water partition coefficient (Wildman–Crippen LogP) is 9.07. The standard InChI is InChI=1S/C36H40N2O3/c1-7-8-33(39-4)18-9-27(2)38(31-16-21-35(41-6)22-17-31)32-23-25-36(3,26-24-32)28-10-12-29(13-11-28)37-30-14-19-34(40-5)20-15-30/h7,9-25,37H,1,8,26H2,2-6H3/b27-9+,33-18+. The van der Waals surface area contributed by atoms with Gasteiger partial charge in [0.1, 0.15) is 11.5 Å². The summed E-state index contributed by atoms with van der Waals surface area (Å²) in [4.78, 5) is 2.26.